The van der Waals surface area contributed by atoms with Crippen LogP contribution in [0.25, 0.3) is 0 Å². The molecule has 0 spiro atoms. The SMILES string of the molecule is O=C(CSc1ccc(S(=O)(=O)N2CCCC2)cn1)NC12CC3CC(CC(C3)C1)C2. The van der Waals surface area contributed by atoms with Crippen LogP contribution in [-0.4, -0.2) is 48.0 Å². The fraction of sp³-hybridized carbons (Fsp3) is 0.714. The number of carbonyl (C=O) groups is 1. The molecule has 6 nitrogen and oxygen atoms in total. The summed E-state index contributed by atoms with van der Waals surface area (Å²) in [6.45, 7) is 1.17. The highest BCUT2D eigenvalue weighted by Crippen LogP contribution is 2.55. The van der Waals surface area contributed by atoms with Crippen LogP contribution in [0.2, 0.25) is 0 Å². The van der Waals surface area contributed by atoms with Crippen molar-refractivity contribution in [3.63, 3.8) is 0 Å². The van der Waals surface area contributed by atoms with Crippen molar-refractivity contribution in [3.05, 3.63) is 18.3 Å². The number of pyridine rings is 1. The third-order valence-corrected chi connectivity index (χ3v) is 10.0. The van der Waals surface area contributed by atoms with Crippen molar-refractivity contribution < 1.29 is 13.2 Å². The third-order valence-electron chi connectivity index (χ3n) is 7.21. The van der Waals surface area contributed by atoms with Crippen molar-refractivity contribution in [1.82, 2.24) is 14.6 Å². The fourth-order valence-corrected chi connectivity index (χ4v) is 8.52. The van der Waals surface area contributed by atoms with Crippen molar-refractivity contribution in [3.8, 4) is 0 Å². The lowest BCUT2D eigenvalue weighted by atomic mass is 9.53. The lowest BCUT2D eigenvalue weighted by Crippen LogP contribution is -2.60. The van der Waals surface area contributed by atoms with Crippen LogP contribution >= 0.6 is 11.8 Å². The topological polar surface area (TPSA) is 79.4 Å². The van der Waals surface area contributed by atoms with E-state index in [2.05, 4.69) is 10.3 Å². The number of thioether (sulfide) groups is 1. The molecule has 0 atom stereocenters. The molecule has 5 fully saturated rings. The van der Waals surface area contributed by atoms with E-state index in [-0.39, 0.29) is 16.3 Å². The number of hydrogen-bond acceptors (Lipinski definition) is 5. The summed E-state index contributed by atoms with van der Waals surface area (Å²) in [5.74, 6) is 2.82. The summed E-state index contributed by atoms with van der Waals surface area (Å²) in [4.78, 5) is 17.2. The van der Waals surface area contributed by atoms with E-state index in [0.29, 0.717) is 23.9 Å². The van der Waals surface area contributed by atoms with Gasteiger partial charge in [0.05, 0.1) is 10.8 Å². The van der Waals surface area contributed by atoms with Gasteiger partial charge >= 0.3 is 0 Å². The largest absolute Gasteiger partial charge is 0.350 e. The van der Waals surface area contributed by atoms with Crippen LogP contribution in [-0.2, 0) is 14.8 Å². The first-order valence-corrected chi connectivity index (χ1v) is 13.2. The lowest BCUT2D eigenvalue weighted by Gasteiger charge is -2.56. The van der Waals surface area contributed by atoms with Crippen LogP contribution in [0.5, 0.6) is 0 Å². The zero-order chi connectivity index (χ0) is 20.1. The average Bonchev–Trinajstić information content (AvgIpc) is 3.21. The maximum absolute atomic E-state index is 12.6. The number of rotatable bonds is 6. The Morgan fingerprint density at radius 2 is 1.72 bits per heavy atom. The van der Waals surface area contributed by atoms with Crippen LogP contribution in [0.4, 0.5) is 0 Å². The molecule has 1 aliphatic heterocycles. The molecule has 0 aromatic carbocycles. The summed E-state index contributed by atoms with van der Waals surface area (Å²) >= 11 is 1.38. The van der Waals surface area contributed by atoms with Crippen LogP contribution in [0.3, 0.4) is 0 Å². The molecule has 8 heteroatoms. The van der Waals surface area contributed by atoms with Crippen molar-refractivity contribution in [2.45, 2.75) is 66.8 Å². The van der Waals surface area contributed by atoms with Gasteiger partial charge in [-0.05, 0) is 81.3 Å². The van der Waals surface area contributed by atoms with Gasteiger partial charge in [0.1, 0.15) is 4.90 Å². The maximum Gasteiger partial charge on any atom is 0.244 e. The first-order chi connectivity index (χ1) is 13.9. The molecule has 1 aromatic rings. The Labute approximate surface area is 177 Å². The molecule has 1 saturated heterocycles. The molecule has 158 valence electrons. The quantitative estimate of drug-likeness (QED) is 0.695. The molecular formula is C21H29N3O3S2. The Morgan fingerprint density at radius 3 is 2.28 bits per heavy atom. The van der Waals surface area contributed by atoms with E-state index in [1.54, 1.807) is 12.1 Å². The van der Waals surface area contributed by atoms with E-state index in [9.17, 15) is 13.2 Å². The van der Waals surface area contributed by atoms with Gasteiger partial charge in [-0.3, -0.25) is 4.79 Å². The maximum atomic E-state index is 12.6. The predicted molar refractivity (Wildman–Crippen MR) is 112 cm³/mol. The smallest absolute Gasteiger partial charge is 0.244 e. The molecule has 4 saturated carbocycles. The van der Waals surface area contributed by atoms with Gasteiger partial charge in [-0.2, -0.15) is 4.31 Å². The van der Waals surface area contributed by atoms with Crippen LogP contribution in [0.15, 0.2) is 28.3 Å². The molecule has 0 radical (unpaired) electrons. The van der Waals surface area contributed by atoms with E-state index in [1.807, 2.05) is 0 Å². The Morgan fingerprint density at radius 1 is 1.10 bits per heavy atom. The van der Waals surface area contributed by atoms with E-state index in [0.717, 1.165) is 49.9 Å². The third kappa shape index (κ3) is 3.95. The van der Waals surface area contributed by atoms with E-state index in [4.69, 9.17) is 0 Å². The van der Waals surface area contributed by atoms with Gasteiger partial charge in [-0.25, -0.2) is 13.4 Å². The van der Waals surface area contributed by atoms with Gasteiger partial charge in [0.15, 0.2) is 0 Å². The van der Waals surface area contributed by atoms with Gasteiger partial charge in [-0.1, -0.05) is 11.8 Å². The highest BCUT2D eigenvalue weighted by Gasteiger charge is 2.51. The van der Waals surface area contributed by atoms with E-state index >= 15 is 0 Å². The summed E-state index contributed by atoms with van der Waals surface area (Å²) in [5.41, 5.74) is 0.0352. The molecule has 4 bridgehead atoms. The number of aromatic nitrogens is 1. The van der Waals surface area contributed by atoms with Crippen LogP contribution in [0.1, 0.15) is 51.4 Å². The summed E-state index contributed by atoms with van der Waals surface area (Å²) in [7, 11) is -3.44. The zero-order valence-electron chi connectivity index (χ0n) is 16.7. The molecule has 2 heterocycles. The molecule has 1 amide bonds. The predicted octanol–water partition coefficient (Wildman–Crippen LogP) is 3.04. The Bertz CT molecular complexity index is 844. The van der Waals surface area contributed by atoms with E-state index in [1.165, 1.54) is 41.5 Å². The molecule has 5 aliphatic rings. The minimum absolute atomic E-state index is 0.0352. The zero-order valence-corrected chi connectivity index (χ0v) is 18.3. The van der Waals surface area contributed by atoms with Gasteiger partial charge in [0, 0.05) is 24.8 Å². The van der Waals surface area contributed by atoms with Crippen molar-refractivity contribution in [2.24, 2.45) is 17.8 Å². The number of amides is 1. The van der Waals surface area contributed by atoms with Gasteiger partial charge < -0.3 is 5.32 Å². The normalized spacial score (nSPS) is 33.9. The lowest BCUT2D eigenvalue weighted by molar-refractivity contribution is -0.124. The second kappa shape index (κ2) is 7.54. The standard InChI is InChI=1S/C21H29N3O3S2/c25-19(23-21-10-15-7-16(11-21)9-17(8-15)12-21)14-28-20-4-3-18(13-22-20)29(26,27)24-5-1-2-6-24/h3-4,13,15-17H,1-2,5-12,14H2,(H,23,25). The number of nitrogens with one attached hydrogen (secondary N) is 1. The second-order valence-corrected chi connectivity index (χ2v) is 12.4. The van der Waals surface area contributed by atoms with Crippen molar-refractivity contribution in [1.29, 1.82) is 0 Å². The van der Waals surface area contributed by atoms with E-state index < -0.39 is 10.0 Å². The Kier molecular flexibility index (Phi) is 5.15. The first-order valence-electron chi connectivity index (χ1n) is 10.8. The van der Waals surface area contributed by atoms with Crippen molar-refractivity contribution >= 4 is 27.7 Å². The van der Waals surface area contributed by atoms with Crippen LogP contribution < -0.4 is 5.32 Å². The van der Waals surface area contributed by atoms with Crippen LogP contribution in [0, 0.1) is 17.8 Å². The molecular weight excluding hydrogens is 406 g/mol. The monoisotopic (exact) mass is 435 g/mol. The van der Waals surface area contributed by atoms with Crippen molar-refractivity contribution in [2.75, 3.05) is 18.8 Å². The van der Waals surface area contributed by atoms with Gasteiger partial charge in [0.2, 0.25) is 15.9 Å². The molecule has 0 unspecified atom stereocenters. The number of nitrogens with zero attached hydrogens (tertiary/aromatic N) is 2. The second-order valence-electron chi connectivity index (χ2n) is 9.48. The highest BCUT2D eigenvalue weighted by atomic mass is 32.2. The van der Waals surface area contributed by atoms with Gasteiger partial charge in [0.25, 0.3) is 0 Å². The summed E-state index contributed by atoms with van der Waals surface area (Å²) in [5, 5.41) is 4.06. The minimum Gasteiger partial charge on any atom is -0.350 e. The summed E-state index contributed by atoms with van der Waals surface area (Å²) in [6, 6.07) is 3.32. The average molecular weight is 436 g/mol. The number of hydrogen-bond donors (Lipinski definition) is 1. The highest BCUT2D eigenvalue weighted by molar-refractivity contribution is 7.99. The Hall–Kier alpha value is -1.12. The Balaban J connectivity index is 1.17. The van der Waals surface area contributed by atoms with Gasteiger partial charge in [-0.15, -0.1) is 0 Å². The first kappa shape index (κ1) is 19.8. The molecule has 4 aliphatic carbocycles. The molecule has 29 heavy (non-hydrogen) atoms. The number of sulfonamides is 1. The molecule has 1 N–H and O–H groups in total. The fourth-order valence-electron chi connectivity index (χ4n) is 6.42. The number of carbonyl (C=O) groups excluding carboxylic acids is 1. The minimum atomic E-state index is -3.44. The molecule has 6 rings (SSSR count). The summed E-state index contributed by atoms with van der Waals surface area (Å²) in [6.07, 6.45) is 10.8. The summed E-state index contributed by atoms with van der Waals surface area (Å²) < 4.78 is 26.7. The molecule has 1 aromatic heterocycles.